The molecule has 178 valence electrons. The number of halogens is 1. The van der Waals surface area contributed by atoms with Crippen LogP contribution in [0.25, 0.3) is 0 Å². The van der Waals surface area contributed by atoms with E-state index in [1.807, 2.05) is 60.7 Å². The van der Waals surface area contributed by atoms with Crippen LogP contribution in [-0.2, 0) is 11.3 Å². The Balaban J connectivity index is 1.50. The molecule has 0 radical (unpaired) electrons. The highest BCUT2D eigenvalue weighted by molar-refractivity contribution is 6.31. The number of nitrogens with zero attached hydrogens (tertiary/aromatic N) is 1. The predicted octanol–water partition coefficient (Wildman–Crippen LogP) is 4.53. The molecule has 35 heavy (non-hydrogen) atoms. The molecule has 5 rings (SSSR count). The van der Waals surface area contributed by atoms with Crippen LogP contribution in [0, 0.1) is 17.2 Å². The van der Waals surface area contributed by atoms with Crippen LogP contribution in [0.3, 0.4) is 0 Å². The number of hydrogen-bond acceptors (Lipinski definition) is 7. The molecule has 2 heterocycles. The molecule has 2 aliphatic rings. The van der Waals surface area contributed by atoms with E-state index in [-0.39, 0.29) is 23.8 Å². The molecule has 0 amide bonds. The summed E-state index contributed by atoms with van der Waals surface area (Å²) in [6.45, 7) is 0.303. The maximum Gasteiger partial charge on any atom is 0.200 e. The minimum Gasteiger partial charge on any atom is -0.493 e. The molecular weight excluding hydrogens is 464 g/mol. The zero-order valence-electron chi connectivity index (χ0n) is 19.1. The summed E-state index contributed by atoms with van der Waals surface area (Å²) < 4.78 is 17.6. The maximum absolute atomic E-state index is 10.0. The zero-order valence-corrected chi connectivity index (χ0v) is 19.8. The summed E-state index contributed by atoms with van der Waals surface area (Å²) in [5, 5.41) is 10.7. The molecule has 4 unspecified atom stereocenters. The fraction of sp³-hybridized carbons (Fsp3) is 0.222. The van der Waals surface area contributed by atoms with Crippen LogP contribution < -0.4 is 26.1 Å². The Morgan fingerprint density at radius 2 is 1.77 bits per heavy atom. The van der Waals surface area contributed by atoms with Crippen molar-refractivity contribution in [2.75, 3.05) is 7.11 Å². The third-order valence-electron chi connectivity index (χ3n) is 6.50. The van der Waals surface area contributed by atoms with Gasteiger partial charge in [-0.25, -0.2) is 10.9 Å². The van der Waals surface area contributed by atoms with Gasteiger partial charge < -0.3 is 19.9 Å². The first-order valence-corrected chi connectivity index (χ1v) is 11.6. The van der Waals surface area contributed by atoms with Crippen LogP contribution in [0.2, 0.25) is 5.02 Å². The number of fused-ring (bicyclic) bond motifs is 1. The van der Waals surface area contributed by atoms with E-state index in [1.54, 1.807) is 7.11 Å². The van der Waals surface area contributed by atoms with E-state index in [0.717, 1.165) is 16.7 Å². The number of benzene rings is 3. The lowest BCUT2D eigenvalue weighted by Gasteiger charge is -2.36. The summed E-state index contributed by atoms with van der Waals surface area (Å²) in [5.74, 6) is 0.817. The van der Waals surface area contributed by atoms with E-state index >= 15 is 0 Å². The van der Waals surface area contributed by atoms with Gasteiger partial charge in [-0.15, -0.1) is 0 Å². The first-order valence-electron chi connectivity index (χ1n) is 11.3. The smallest absolute Gasteiger partial charge is 0.200 e. The van der Waals surface area contributed by atoms with Crippen LogP contribution in [-0.4, -0.2) is 13.3 Å². The monoisotopic (exact) mass is 488 g/mol. The average molecular weight is 489 g/mol. The molecule has 1 fully saturated rings. The topological polar surface area (TPSA) is 102 Å². The van der Waals surface area contributed by atoms with Gasteiger partial charge in [-0.1, -0.05) is 66.2 Å². The molecular formula is C27H25ClN4O3. The molecule has 8 heteroatoms. The quantitative estimate of drug-likeness (QED) is 0.468. The molecule has 1 saturated heterocycles. The van der Waals surface area contributed by atoms with E-state index in [0.29, 0.717) is 28.7 Å². The molecule has 0 aromatic heterocycles. The Labute approximate surface area is 209 Å². The second-order valence-electron chi connectivity index (χ2n) is 8.45. The lowest BCUT2D eigenvalue weighted by molar-refractivity contribution is 0.0340. The van der Waals surface area contributed by atoms with Gasteiger partial charge in [0.2, 0.25) is 5.88 Å². The fourth-order valence-electron chi connectivity index (χ4n) is 4.81. The van der Waals surface area contributed by atoms with Crippen molar-refractivity contribution in [3.8, 4) is 17.6 Å². The third-order valence-corrected chi connectivity index (χ3v) is 6.87. The van der Waals surface area contributed by atoms with Gasteiger partial charge in [0.1, 0.15) is 12.7 Å². The van der Waals surface area contributed by atoms with Crippen molar-refractivity contribution >= 4 is 11.6 Å². The van der Waals surface area contributed by atoms with Gasteiger partial charge in [-0.2, -0.15) is 5.26 Å². The SMILES string of the molecule is COc1cc(C2C(C#N)=C(N)OC3NNC(c4ccccc4)C32)ccc1OCc1ccccc1Cl. The van der Waals surface area contributed by atoms with Gasteiger partial charge in [-0.05, 0) is 29.3 Å². The highest BCUT2D eigenvalue weighted by Crippen LogP contribution is 2.48. The number of nitrogens with two attached hydrogens (primary N) is 1. The van der Waals surface area contributed by atoms with Gasteiger partial charge in [0.05, 0.1) is 18.7 Å². The third kappa shape index (κ3) is 4.40. The average Bonchev–Trinajstić information content (AvgIpc) is 3.31. The lowest BCUT2D eigenvalue weighted by atomic mass is 9.74. The molecule has 3 aromatic carbocycles. The van der Waals surface area contributed by atoms with Crippen molar-refractivity contribution < 1.29 is 14.2 Å². The number of methoxy groups -OCH3 is 1. The van der Waals surface area contributed by atoms with Crippen LogP contribution in [0.5, 0.6) is 11.5 Å². The van der Waals surface area contributed by atoms with E-state index < -0.39 is 6.23 Å². The summed E-state index contributed by atoms with van der Waals surface area (Å²) in [6, 6.07) is 25.5. The lowest BCUT2D eigenvalue weighted by Crippen LogP contribution is -2.41. The number of ether oxygens (including phenoxy) is 3. The number of allylic oxidation sites excluding steroid dienone is 1. The molecule has 0 aliphatic carbocycles. The van der Waals surface area contributed by atoms with E-state index in [1.165, 1.54) is 0 Å². The number of nitrogens with one attached hydrogen (secondary N) is 2. The molecule has 3 aromatic rings. The Morgan fingerprint density at radius 1 is 1.00 bits per heavy atom. The number of hydrazine groups is 1. The van der Waals surface area contributed by atoms with Crippen molar-refractivity contribution in [1.82, 2.24) is 10.9 Å². The van der Waals surface area contributed by atoms with Crippen LogP contribution in [0.15, 0.2) is 84.3 Å². The zero-order chi connectivity index (χ0) is 24.4. The maximum atomic E-state index is 10.0. The number of nitriles is 1. The number of rotatable bonds is 6. The first kappa shape index (κ1) is 23.1. The van der Waals surface area contributed by atoms with E-state index in [2.05, 4.69) is 29.1 Å². The molecule has 4 atom stereocenters. The van der Waals surface area contributed by atoms with Crippen molar-refractivity contribution in [2.45, 2.75) is 24.8 Å². The van der Waals surface area contributed by atoms with Gasteiger partial charge in [0.15, 0.2) is 17.7 Å². The summed E-state index contributed by atoms with van der Waals surface area (Å²) in [6.07, 6.45) is -0.399. The molecule has 0 saturated carbocycles. The van der Waals surface area contributed by atoms with E-state index in [9.17, 15) is 5.26 Å². The Morgan fingerprint density at radius 3 is 2.51 bits per heavy atom. The van der Waals surface area contributed by atoms with Crippen molar-refractivity contribution in [1.29, 1.82) is 5.26 Å². The fourth-order valence-corrected chi connectivity index (χ4v) is 5.00. The Kier molecular flexibility index (Phi) is 6.51. The van der Waals surface area contributed by atoms with Crippen molar-refractivity contribution in [3.05, 3.63) is 106 Å². The van der Waals surface area contributed by atoms with Crippen LogP contribution in [0.1, 0.15) is 28.7 Å². The van der Waals surface area contributed by atoms with Gasteiger partial charge in [0.25, 0.3) is 0 Å². The first-order chi connectivity index (χ1) is 17.1. The second kappa shape index (κ2) is 9.88. The van der Waals surface area contributed by atoms with Crippen LogP contribution >= 0.6 is 11.6 Å². The van der Waals surface area contributed by atoms with Gasteiger partial charge >= 0.3 is 0 Å². The molecule has 0 spiro atoms. The highest BCUT2D eigenvalue weighted by Gasteiger charge is 2.49. The highest BCUT2D eigenvalue weighted by atomic mass is 35.5. The van der Waals surface area contributed by atoms with Gasteiger partial charge in [-0.3, -0.25) is 0 Å². The standard InChI is InChI=1S/C27H25ClN4O3/c1-33-22-13-17(11-12-21(22)34-15-18-9-5-6-10-20(18)28)23-19(14-29)26(30)35-27-24(23)25(31-32-27)16-7-3-2-4-8-16/h2-13,23-25,27,31-32H,15,30H2,1H3. The van der Waals surface area contributed by atoms with Crippen molar-refractivity contribution in [3.63, 3.8) is 0 Å². The Hall–Kier alpha value is -3.70. The largest absolute Gasteiger partial charge is 0.493 e. The predicted molar refractivity (Wildman–Crippen MR) is 132 cm³/mol. The molecule has 2 aliphatic heterocycles. The van der Waals surface area contributed by atoms with E-state index in [4.69, 9.17) is 31.5 Å². The summed E-state index contributed by atoms with van der Waals surface area (Å²) >= 11 is 6.27. The van der Waals surface area contributed by atoms with Crippen LogP contribution in [0.4, 0.5) is 0 Å². The van der Waals surface area contributed by atoms with Crippen molar-refractivity contribution in [2.24, 2.45) is 11.7 Å². The summed E-state index contributed by atoms with van der Waals surface area (Å²) in [7, 11) is 1.59. The minimum absolute atomic E-state index is 0.0928. The number of hydrogen-bond donors (Lipinski definition) is 3. The molecule has 4 N–H and O–H groups in total. The minimum atomic E-state index is -0.399. The summed E-state index contributed by atoms with van der Waals surface area (Å²) in [5.41, 5.74) is 16.0. The normalized spacial score (nSPS) is 23.2. The summed E-state index contributed by atoms with van der Waals surface area (Å²) in [4.78, 5) is 0. The molecule has 7 nitrogen and oxygen atoms in total. The second-order valence-corrected chi connectivity index (χ2v) is 8.86. The van der Waals surface area contributed by atoms with Gasteiger partial charge in [0, 0.05) is 22.4 Å². The Bertz CT molecular complexity index is 1290. The molecule has 0 bridgehead atoms.